The summed E-state index contributed by atoms with van der Waals surface area (Å²) in [6.07, 6.45) is 2.46. The van der Waals surface area contributed by atoms with Crippen LogP contribution in [0.3, 0.4) is 0 Å². The summed E-state index contributed by atoms with van der Waals surface area (Å²) >= 11 is 6.88. The molecule has 0 bridgehead atoms. The molecule has 0 fully saturated rings. The summed E-state index contributed by atoms with van der Waals surface area (Å²) in [6.45, 7) is 0. The van der Waals surface area contributed by atoms with Gasteiger partial charge in [0.2, 0.25) is 0 Å². The fraction of sp³-hybridized carbons (Fsp3) is 0.0952. The first kappa shape index (κ1) is 18.7. The van der Waals surface area contributed by atoms with Gasteiger partial charge in [-0.3, -0.25) is 4.99 Å². The van der Waals surface area contributed by atoms with Gasteiger partial charge in [0.05, 0.1) is 21.7 Å². The lowest BCUT2D eigenvalue weighted by Crippen LogP contribution is -1.92. The number of methoxy groups -OCH3 is 1. The summed E-state index contributed by atoms with van der Waals surface area (Å²) in [6, 6.07) is 19.7. The lowest BCUT2D eigenvalue weighted by molar-refractivity contribution is 0.412. The summed E-state index contributed by atoms with van der Waals surface area (Å²) in [5.74, 6) is 0.928. The molecule has 0 aromatic heterocycles. The number of halogens is 2. The highest BCUT2D eigenvalue weighted by molar-refractivity contribution is 9.10. The Morgan fingerprint density at radius 2 is 1.73 bits per heavy atom. The molecule has 3 nitrogen and oxygen atoms in total. The van der Waals surface area contributed by atoms with Gasteiger partial charge >= 0.3 is 0 Å². The van der Waals surface area contributed by atoms with Gasteiger partial charge in [-0.05, 0) is 79.7 Å². The maximum atomic E-state index is 10.3. The zero-order valence-corrected chi connectivity index (χ0v) is 17.3. The molecule has 5 heteroatoms. The van der Waals surface area contributed by atoms with Gasteiger partial charge in [0.1, 0.15) is 11.5 Å². The van der Waals surface area contributed by atoms with E-state index in [1.165, 1.54) is 5.56 Å². The van der Waals surface area contributed by atoms with Crippen molar-refractivity contribution in [2.24, 2.45) is 4.99 Å². The van der Waals surface area contributed by atoms with Crippen molar-refractivity contribution in [3.63, 3.8) is 0 Å². The van der Waals surface area contributed by atoms with E-state index >= 15 is 0 Å². The Bertz CT molecular complexity index is 940. The molecule has 3 rings (SSSR count). The molecule has 26 heavy (non-hydrogen) atoms. The van der Waals surface area contributed by atoms with Crippen LogP contribution in [0.4, 0.5) is 5.69 Å². The highest BCUT2D eigenvalue weighted by Crippen LogP contribution is 2.31. The second kappa shape index (κ2) is 8.52. The van der Waals surface area contributed by atoms with Crippen molar-refractivity contribution < 1.29 is 9.84 Å². The molecule has 0 atom stereocenters. The van der Waals surface area contributed by atoms with E-state index < -0.39 is 0 Å². The van der Waals surface area contributed by atoms with E-state index in [9.17, 15) is 5.11 Å². The summed E-state index contributed by atoms with van der Waals surface area (Å²) < 4.78 is 6.71. The number of phenols is 1. The molecule has 0 saturated carbocycles. The minimum Gasteiger partial charge on any atom is -0.506 e. The molecule has 0 aliphatic rings. The second-order valence-corrected chi connectivity index (χ2v) is 7.46. The fourth-order valence-corrected chi connectivity index (χ4v) is 3.64. The molecule has 0 heterocycles. The van der Waals surface area contributed by atoms with E-state index in [0.29, 0.717) is 10.0 Å². The molecule has 3 aromatic rings. The summed E-state index contributed by atoms with van der Waals surface area (Å²) in [4.78, 5) is 4.47. The minimum absolute atomic E-state index is 0.179. The van der Waals surface area contributed by atoms with E-state index in [-0.39, 0.29) is 5.75 Å². The fourth-order valence-electron chi connectivity index (χ4n) is 2.59. The zero-order valence-electron chi connectivity index (χ0n) is 14.1. The number of hydrogen-bond donors (Lipinski definition) is 1. The number of hydrogen-bond acceptors (Lipinski definition) is 3. The van der Waals surface area contributed by atoms with Gasteiger partial charge in [-0.25, -0.2) is 0 Å². The third-order valence-corrected chi connectivity index (χ3v) is 5.12. The van der Waals surface area contributed by atoms with Gasteiger partial charge in [-0.15, -0.1) is 0 Å². The molecule has 132 valence electrons. The Hall–Kier alpha value is -2.11. The smallest absolute Gasteiger partial charge is 0.138 e. The van der Waals surface area contributed by atoms with E-state index in [1.807, 2.05) is 48.5 Å². The Labute approximate surface area is 169 Å². The predicted molar refractivity (Wildman–Crippen MR) is 113 cm³/mol. The summed E-state index contributed by atoms with van der Waals surface area (Å²) in [5, 5.41) is 10.3. The van der Waals surface area contributed by atoms with Gasteiger partial charge in [0, 0.05) is 11.8 Å². The lowest BCUT2D eigenvalue weighted by Gasteiger charge is -2.08. The average Bonchev–Trinajstić information content (AvgIpc) is 2.64. The van der Waals surface area contributed by atoms with Crippen LogP contribution in [0.5, 0.6) is 11.5 Å². The monoisotopic (exact) mass is 473 g/mol. The second-order valence-electron chi connectivity index (χ2n) is 5.75. The Morgan fingerprint density at radius 3 is 2.42 bits per heavy atom. The number of aromatic hydroxyl groups is 1. The SMILES string of the molecule is COc1ccc(N=Cc2cc(Cc3ccccc3)cc(Br)c2O)cc1Br. The molecule has 0 amide bonds. The number of aliphatic imine (C=N–C) groups is 1. The lowest BCUT2D eigenvalue weighted by atomic mass is 10.0. The molecule has 0 saturated heterocycles. The number of nitrogens with zero attached hydrogens (tertiary/aromatic N) is 1. The van der Waals surface area contributed by atoms with Crippen LogP contribution in [0.25, 0.3) is 0 Å². The Balaban J connectivity index is 1.88. The minimum atomic E-state index is 0.179. The third kappa shape index (κ3) is 4.54. The molecule has 3 aromatic carbocycles. The first-order chi connectivity index (χ1) is 12.6. The van der Waals surface area contributed by atoms with Crippen molar-refractivity contribution in [1.82, 2.24) is 0 Å². The van der Waals surface area contributed by atoms with Crippen molar-refractivity contribution in [1.29, 1.82) is 0 Å². The first-order valence-electron chi connectivity index (χ1n) is 7.99. The average molecular weight is 475 g/mol. The van der Waals surface area contributed by atoms with Crippen LogP contribution in [-0.4, -0.2) is 18.4 Å². The number of ether oxygens (including phenoxy) is 1. The molecular formula is C21H17Br2NO2. The van der Waals surface area contributed by atoms with Crippen LogP contribution >= 0.6 is 31.9 Å². The van der Waals surface area contributed by atoms with Crippen molar-refractivity contribution >= 4 is 43.8 Å². The number of benzene rings is 3. The van der Waals surface area contributed by atoms with Gasteiger partial charge in [-0.1, -0.05) is 30.3 Å². The number of rotatable bonds is 5. The molecule has 0 unspecified atom stereocenters. The van der Waals surface area contributed by atoms with Crippen molar-refractivity contribution in [2.45, 2.75) is 6.42 Å². The van der Waals surface area contributed by atoms with E-state index in [2.05, 4.69) is 49.0 Å². The largest absolute Gasteiger partial charge is 0.506 e. The maximum Gasteiger partial charge on any atom is 0.138 e. The van der Waals surface area contributed by atoms with Gasteiger partial charge in [0.25, 0.3) is 0 Å². The van der Waals surface area contributed by atoms with Gasteiger partial charge < -0.3 is 9.84 Å². The zero-order chi connectivity index (χ0) is 18.5. The summed E-state index contributed by atoms with van der Waals surface area (Å²) in [5.41, 5.74) is 3.74. The molecular weight excluding hydrogens is 458 g/mol. The van der Waals surface area contributed by atoms with Crippen LogP contribution in [0.1, 0.15) is 16.7 Å². The van der Waals surface area contributed by atoms with Crippen LogP contribution < -0.4 is 4.74 Å². The van der Waals surface area contributed by atoms with Crippen molar-refractivity contribution in [3.05, 3.63) is 86.3 Å². The quantitative estimate of drug-likeness (QED) is 0.443. The van der Waals surface area contributed by atoms with Crippen molar-refractivity contribution in [3.8, 4) is 11.5 Å². The van der Waals surface area contributed by atoms with Crippen LogP contribution in [-0.2, 0) is 6.42 Å². The molecule has 0 aliphatic carbocycles. The predicted octanol–water partition coefficient (Wildman–Crippen LogP) is 6.27. The van der Waals surface area contributed by atoms with E-state index in [0.717, 1.165) is 27.9 Å². The van der Waals surface area contributed by atoms with Gasteiger partial charge in [-0.2, -0.15) is 0 Å². The van der Waals surface area contributed by atoms with E-state index in [1.54, 1.807) is 13.3 Å². The topological polar surface area (TPSA) is 41.8 Å². The van der Waals surface area contributed by atoms with Crippen LogP contribution in [0, 0.1) is 0 Å². The van der Waals surface area contributed by atoms with Crippen LogP contribution in [0.2, 0.25) is 0 Å². The molecule has 0 radical (unpaired) electrons. The normalized spacial score (nSPS) is 11.0. The third-order valence-electron chi connectivity index (χ3n) is 3.89. The first-order valence-corrected chi connectivity index (χ1v) is 9.58. The van der Waals surface area contributed by atoms with Gasteiger partial charge in [0.15, 0.2) is 0 Å². The molecule has 0 aliphatic heterocycles. The maximum absolute atomic E-state index is 10.3. The summed E-state index contributed by atoms with van der Waals surface area (Å²) in [7, 11) is 1.62. The Morgan fingerprint density at radius 1 is 0.962 bits per heavy atom. The van der Waals surface area contributed by atoms with Crippen LogP contribution in [0.15, 0.2) is 74.6 Å². The van der Waals surface area contributed by atoms with Crippen molar-refractivity contribution in [2.75, 3.05) is 7.11 Å². The van der Waals surface area contributed by atoms with E-state index in [4.69, 9.17) is 4.74 Å². The molecule has 1 N–H and O–H groups in total. The number of phenolic OH excluding ortho intramolecular Hbond substituents is 1. The molecule has 0 spiro atoms. The highest BCUT2D eigenvalue weighted by atomic mass is 79.9. The standard InChI is InChI=1S/C21H17Br2NO2/c1-26-20-8-7-17(12-18(20)22)24-13-16-10-15(11-19(23)21(16)25)9-14-5-3-2-4-6-14/h2-8,10-13,25H,9H2,1H3. The highest BCUT2D eigenvalue weighted by Gasteiger charge is 2.08. The Kier molecular flexibility index (Phi) is 6.12.